The number of benzene rings is 2. The highest BCUT2D eigenvalue weighted by molar-refractivity contribution is 8.04. The Morgan fingerprint density at radius 1 is 0.878 bits per heavy atom. The molecular formula is C30H27N3O4S4. The first-order chi connectivity index (χ1) is 19.6. The van der Waals surface area contributed by atoms with Crippen LogP contribution >= 0.6 is 23.1 Å². The molecule has 0 saturated carbocycles. The monoisotopic (exact) mass is 621 g/mol. The number of nitrogens with zero attached hydrogens (tertiary/aromatic N) is 2. The minimum Gasteiger partial charge on any atom is -0.370 e. The minimum absolute atomic E-state index is 0.0228. The van der Waals surface area contributed by atoms with Crippen LogP contribution in [0.25, 0.3) is 5.70 Å². The van der Waals surface area contributed by atoms with Gasteiger partial charge in [-0.1, -0.05) is 47.5 Å². The van der Waals surface area contributed by atoms with E-state index in [4.69, 9.17) is 4.99 Å². The van der Waals surface area contributed by atoms with Gasteiger partial charge in [-0.3, -0.25) is 0 Å². The summed E-state index contributed by atoms with van der Waals surface area (Å²) >= 11 is 3.33. The Hall–Kier alpha value is -3.38. The number of hydrogen-bond donors (Lipinski definition) is 1. The van der Waals surface area contributed by atoms with Gasteiger partial charge in [-0.15, -0.1) is 23.1 Å². The first-order valence-electron chi connectivity index (χ1n) is 12.9. The molecule has 6 rings (SSSR count). The van der Waals surface area contributed by atoms with Gasteiger partial charge in [0.15, 0.2) is 0 Å². The van der Waals surface area contributed by atoms with Crippen molar-refractivity contribution in [2.75, 3.05) is 5.75 Å². The highest BCUT2D eigenvalue weighted by Crippen LogP contribution is 2.39. The standard InChI is InChI=1S/C30H27N3O4S4/c1-20-7-12-23(13-8-20)40(34,35)33(41(36,37)24-14-9-21(2)10-15-24)22-11-16-25-26(19-22)32-30(28-6-4-18-39-28)29(31-25)27-5-3-17-38-27/h3,5-17,19,26,32H,4,18H2,1-2H3. The molecule has 0 spiro atoms. The fraction of sp³-hybridized carbons (Fsp3) is 0.167. The molecule has 0 saturated heterocycles. The summed E-state index contributed by atoms with van der Waals surface area (Å²) in [5.41, 5.74) is 4.11. The van der Waals surface area contributed by atoms with E-state index in [2.05, 4.69) is 11.4 Å². The van der Waals surface area contributed by atoms with Crippen LogP contribution in [-0.4, -0.2) is 38.1 Å². The summed E-state index contributed by atoms with van der Waals surface area (Å²) < 4.78 is 56.8. The Kier molecular flexibility index (Phi) is 7.31. The van der Waals surface area contributed by atoms with Gasteiger partial charge in [-0.25, -0.2) is 21.8 Å². The summed E-state index contributed by atoms with van der Waals surface area (Å²) in [4.78, 5) is 6.84. The van der Waals surface area contributed by atoms with E-state index in [1.807, 2.05) is 31.4 Å². The summed E-state index contributed by atoms with van der Waals surface area (Å²) in [5, 5.41) is 5.54. The molecular weight excluding hydrogens is 595 g/mol. The Morgan fingerprint density at radius 2 is 1.51 bits per heavy atom. The fourth-order valence-corrected chi connectivity index (χ4v) is 10.1. The molecule has 1 aliphatic carbocycles. The van der Waals surface area contributed by atoms with Crippen LogP contribution in [-0.2, 0) is 20.0 Å². The molecule has 0 radical (unpaired) electrons. The van der Waals surface area contributed by atoms with Gasteiger partial charge < -0.3 is 5.32 Å². The Morgan fingerprint density at radius 3 is 2.05 bits per heavy atom. The van der Waals surface area contributed by atoms with Gasteiger partial charge in [-0.2, -0.15) is 3.71 Å². The van der Waals surface area contributed by atoms with E-state index in [-0.39, 0.29) is 15.5 Å². The third-order valence-electron chi connectivity index (χ3n) is 6.85. The summed E-state index contributed by atoms with van der Waals surface area (Å²) in [7, 11) is -9.03. The number of thioether (sulfide) groups is 1. The highest BCUT2D eigenvalue weighted by atomic mass is 32.3. The molecule has 0 bridgehead atoms. The van der Waals surface area contributed by atoms with Gasteiger partial charge in [0.2, 0.25) is 0 Å². The number of fused-ring (bicyclic) bond motifs is 1. The topological polar surface area (TPSA) is 95.9 Å². The van der Waals surface area contributed by atoms with Crippen molar-refractivity contribution in [1.82, 2.24) is 9.03 Å². The molecule has 2 aliphatic heterocycles. The van der Waals surface area contributed by atoms with Crippen molar-refractivity contribution in [2.45, 2.75) is 36.1 Å². The number of aliphatic imine (C=N–C) groups is 1. The van der Waals surface area contributed by atoms with Crippen molar-refractivity contribution in [1.29, 1.82) is 0 Å². The molecule has 1 aromatic heterocycles. The third kappa shape index (κ3) is 5.23. The second-order valence-corrected chi connectivity index (χ2v) is 15.7. The van der Waals surface area contributed by atoms with Crippen molar-refractivity contribution in [3.63, 3.8) is 0 Å². The molecule has 0 fully saturated rings. The average molecular weight is 622 g/mol. The van der Waals surface area contributed by atoms with Crippen molar-refractivity contribution in [3.8, 4) is 0 Å². The van der Waals surface area contributed by atoms with Crippen LogP contribution < -0.4 is 5.32 Å². The van der Waals surface area contributed by atoms with Crippen LogP contribution in [0.3, 0.4) is 0 Å². The molecule has 2 aromatic carbocycles. The molecule has 3 heterocycles. The van der Waals surface area contributed by atoms with Crippen molar-refractivity contribution >= 4 is 54.6 Å². The summed E-state index contributed by atoms with van der Waals surface area (Å²) in [5.74, 6) is 0.970. The molecule has 1 atom stereocenters. The van der Waals surface area contributed by atoms with E-state index in [0.717, 1.165) is 44.5 Å². The van der Waals surface area contributed by atoms with E-state index >= 15 is 0 Å². The first kappa shape index (κ1) is 27.8. The maximum atomic E-state index is 14.1. The first-order valence-corrected chi connectivity index (χ1v) is 17.7. The molecule has 11 heteroatoms. The maximum Gasteiger partial charge on any atom is 0.277 e. The molecule has 3 aromatic rings. The molecule has 0 amide bonds. The predicted octanol–water partition coefficient (Wildman–Crippen LogP) is 6.00. The zero-order valence-corrected chi connectivity index (χ0v) is 25.6. The summed E-state index contributed by atoms with van der Waals surface area (Å²) in [6, 6.07) is 15.8. The van der Waals surface area contributed by atoms with Gasteiger partial charge in [0.05, 0.1) is 37.8 Å². The molecule has 1 N–H and O–H groups in total. The Balaban J connectivity index is 1.47. The zero-order valence-electron chi connectivity index (χ0n) is 22.3. The second kappa shape index (κ2) is 10.8. The number of nitrogens with one attached hydrogen (secondary N) is 1. The zero-order chi connectivity index (χ0) is 28.8. The number of thiophene rings is 1. The molecule has 1 unspecified atom stereocenters. The van der Waals surface area contributed by atoms with E-state index in [9.17, 15) is 16.8 Å². The van der Waals surface area contributed by atoms with Crippen LogP contribution in [0.2, 0.25) is 0 Å². The SMILES string of the molecule is Cc1ccc(S(=O)(=O)N(C2=CC3NC(C4=CCCS4)=C(c4cccs4)N=C3C=C2)S(=O)(=O)c2ccc(C)cc2)cc1. The van der Waals surface area contributed by atoms with Gasteiger partial charge >= 0.3 is 0 Å². The summed E-state index contributed by atoms with van der Waals surface area (Å²) in [6.45, 7) is 3.68. The number of hydrogen-bond acceptors (Lipinski definition) is 8. The molecule has 7 nitrogen and oxygen atoms in total. The van der Waals surface area contributed by atoms with Gasteiger partial charge in [0, 0.05) is 10.7 Å². The number of allylic oxidation sites excluding steroid dienone is 2. The van der Waals surface area contributed by atoms with Crippen LogP contribution in [0, 0.1) is 13.8 Å². The van der Waals surface area contributed by atoms with E-state index in [0.29, 0.717) is 9.42 Å². The van der Waals surface area contributed by atoms with Crippen LogP contribution in [0.5, 0.6) is 0 Å². The van der Waals surface area contributed by atoms with Crippen LogP contribution in [0.4, 0.5) is 0 Å². The lowest BCUT2D eigenvalue weighted by molar-refractivity contribution is 0.529. The number of aryl methyl sites for hydroxylation is 2. The molecule has 3 aliphatic rings. The minimum atomic E-state index is -4.51. The number of sulfonamides is 2. The predicted molar refractivity (Wildman–Crippen MR) is 167 cm³/mol. The van der Waals surface area contributed by atoms with E-state index in [1.54, 1.807) is 59.5 Å². The lowest BCUT2D eigenvalue weighted by Crippen LogP contribution is -2.42. The second-order valence-electron chi connectivity index (χ2n) is 9.82. The Labute approximate surface area is 248 Å². The quantitative estimate of drug-likeness (QED) is 0.348. The maximum absolute atomic E-state index is 14.1. The van der Waals surface area contributed by atoms with Crippen LogP contribution in [0.1, 0.15) is 22.4 Å². The Bertz CT molecular complexity index is 1790. The molecule has 210 valence electrons. The van der Waals surface area contributed by atoms with E-state index < -0.39 is 26.1 Å². The van der Waals surface area contributed by atoms with Crippen molar-refractivity contribution < 1.29 is 16.8 Å². The highest BCUT2D eigenvalue weighted by Gasteiger charge is 2.39. The summed E-state index contributed by atoms with van der Waals surface area (Å²) in [6.07, 6.45) is 7.94. The molecule has 41 heavy (non-hydrogen) atoms. The smallest absolute Gasteiger partial charge is 0.277 e. The van der Waals surface area contributed by atoms with Gasteiger partial charge in [-0.05, 0) is 74.2 Å². The van der Waals surface area contributed by atoms with Gasteiger partial charge in [0.1, 0.15) is 5.70 Å². The lowest BCUT2D eigenvalue weighted by atomic mass is 10.0. The normalized spacial score (nSPS) is 18.8. The largest absolute Gasteiger partial charge is 0.370 e. The third-order valence-corrected chi connectivity index (χ3v) is 13.1. The van der Waals surface area contributed by atoms with Gasteiger partial charge in [0.25, 0.3) is 20.0 Å². The van der Waals surface area contributed by atoms with Crippen LogP contribution in [0.15, 0.2) is 121 Å². The lowest BCUT2D eigenvalue weighted by Gasteiger charge is -2.32. The fourth-order valence-electron chi connectivity index (χ4n) is 4.73. The van der Waals surface area contributed by atoms with E-state index in [1.165, 1.54) is 30.3 Å². The van der Waals surface area contributed by atoms with Crippen molar-refractivity contribution in [3.05, 3.63) is 123 Å². The number of rotatable bonds is 7. The van der Waals surface area contributed by atoms with Crippen molar-refractivity contribution in [2.24, 2.45) is 4.99 Å². The average Bonchev–Trinajstić information content (AvgIpc) is 3.68.